The number of benzene rings is 2. The van der Waals surface area contributed by atoms with Crippen LogP contribution < -0.4 is 10.6 Å². The van der Waals surface area contributed by atoms with Gasteiger partial charge in [-0.25, -0.2) is 4.39 Å². The molecule has 0 aliphatic carbocycles. The number of hydrogen-bond acceptors (Lipinski definition) is 2. The van der Waals surface area contributed by atoms with Crippen LogP contribution in [0.25, 0.3) is 0 Å². The maximum Gasteiger partial charge on any atom is 0.257 e. The van der Waals surface area contributed by atoms with E-state index in [9.17, 15) is 9.18 Å². The Morgan fingerprint density at radius 2 is 1.85 bits per heavy atom. The zero-order chi connectivity index (χ0) is 14.7. The summed E-state index contributed by atoms with van der Waals surface area (Å²) in [5, 5.41) is 5.53. The highest BCUT2D eigenvalue weighted by molar-refractivity contribution is 9.10. The van der Waals surface area contributed by atoms with Gasteiger partial charge in [-0.3, -0.25) is 4.79 Å². The molecule has 2 rings (SSSR count). The number of anilines is 2. The largest absolute Gasteiger partial charge is 0.387 e. The molecule has 0 aliphatic heterocycles. The maximum atomic E-state index is 13.7. The van der Waals surface area contributed by atoms with Crippen LogP contribution in [0.4, 0.5) is 15.8 Å². The van der Waals surface area contributed by atoms with Crippen LogP contribution in [-0.2, 0) is 0 Å². The first-order valence-electron chi connectivity index (χ1n) is 6.06. The number of aryl methyl sites for hydroxylation is 1. The number of carbonyl (C=O) groups is 1. The molecule has 2 N–H and O–H groups in total. The first-order chi connectivity index (χ1) is 9.51. The van der Waals surface area contributed by atoms with Crippen LogP contribution in [0.3, 0.4) is 0 Å². The summed E-state index contributed by atoms with van der Waals surface area (Å²) in [6.07, 6.45) is 0. The molecule has 0 atom stereocenters. The molecule has 0 saturated carbocycles. The molecule has 1 amide bonds. The predicted molar refractivity (Wildman–Crippen MR) is 82.8 cm³/mol. The Hall–Kier alpha value is -1.88. The second-order valence-corrected chi connectivity index (χ2v) is 5.29. The lowest BCUT2D eigenvalue weighted by Crippen LogP contribution is -2.15. The lowest BCUT2D eigenvalue weighted by Gasteiger charge is -2.11. The molecule has 2 aromatic rings. The SMILES string of the molecule is CNc1ccc(C)cc1C(=O)Nc1ccc(Br)cc1F. The number of rotatable bonds is 3. The Kier molecular flexibility index (Phi) is 4.39. The molecule has 5 heteroatoms. The van der Waals surface area contributed by atoms with E-state index in [0.717, 1.165) is 5.56 Å². The Morgan fingerprint density at radius 1 is 1.15 bits per heavy atom. The number of carbonyl (C=O) groups excluding carboxylic acids is 1. The van der Waals surface area contributed by atoms with Crippen LogP contribution in [0, 0.1) is 12.7 Å². The molecule has 0 fully saturated rings. The highest BCUT2D eigenvalue weighted by atomic mass is 79.9. The number of hydrogen-bond donors (Lipinski definition) is 2. The number of amides is 1. The monoisotopic (exact) mass is 336 g/mol. The van der Waals surface area contributed by atoms with Crippen molar-refractivity contribution in [2.24, 2.45) is 0 Å². The van der Waals surface area contributed by atoms with Gasteiger partial charge in [0, 0.05) is 17.2 Å². The van der Waals surface area contributed by atoms with Gasteiger partial charge in [0.25, 0.3) is 5.91 Å². The molecular formula is C15H14BrFN2O. The molecule has 3 nitrogen and oxygen atoms in total. The van der Waals surface area contributed by atoms with Crippen molar-refractivity contribution in [2.75, 3.05) is 17.7 Å². The zero-order valence-corrected chi connectivity index (χ0v) is 12.7. The van der Waals surface area contributed by atoms with E-state index in [0.29, 0.717) is 15.7 Å². The third-order valence-corrected chi connectivity index (χ3v) is 3.36. The van der Waals surface area contributed by atoms with Crippen LogP contribution in [-0.4, -0.2) is 13.0 Å². The molecule has 20 heavy (non-hydrogen) atoms. The summed E-state index contributed by atoms with van der Waals surface area (Å²) in [5.41, 5.74) is 2.30. The van der Waals surface area contributed by atoms with Gasteiger partial charge >= 0.3 is 0 Å². The van der Waals surface area contributed by atoms with Crippen molar-refractivity contribution >= 4 is 33.2 Å². The normalized spacial score (nSPS) is 10.2. The Balaban J connectivity index is 2.30. The van der Waals surface area contributed by atoms with Crippen LogP contribution in [0.2, 0.25) is 0 Å². The van der Waals surface area contributed by atoms with Crippen molar-refractivity contribution in [3.05, 3.63) is 57.8 Å². The quantitative estimate of drug-likeness (QED) is 0.882. The van der Waals surface area contributed by atoms with E-state index in [-0.39, 0.29) is 11.6 Å². The fraction of sp³-hybridized carbons (Fsp3) is 0.133. The maximum absolute atomic E-state index is 13.7. The van der Waals surface area contributed by atoms with E-state index >= 15 is 0 Å². The van der Waals surface area contributed by atoms with E-state index in [2.05, 4.69) is 26.6 Å². The van der Waals surface area contributed by atoms with Crippen LogP contribution in [0.1, 0.15) is 15.9 Å². The van der Waals surface area contributed by atoms with Gasteiger partial charge in [0.05, 0.1) is 11.3 Å². The zero-order valence-electron chi connectivity index (χ0n) is 11.1. The number of halogens is 2. The highest BCUT2D eigenvalue weighted by Gasteiger charge is 2.13. The Morgan fingerprint density at radius 3 is 2.50 bits per heavy atom. The summed E-state index contributed by atoms with van der Waals surface area (Å²) in [6.45, 7) is 1.90. The summed E-state index contributed by atoms with van der Waals surface area (Å²) in [6, 6.07) is 9.99. The fourth-order valence-corrected chi connectivity index (χ4v) is 2.18. The van der Waals surface area contributed by atoms with Crippen molar-refractivity contribution in [3.63, 3.8) is 0 Å². The first-order valence-corrected chi connectivity index (χ1v) is 6.85. The molecule has 0 unspecified atom stereocenters. The highest BCUT2D eigenvalue weighted by Crippen LogP contribution is 2.22. The lowest BCUT2D eigenvalue weighted by molar-refractivity contribution is 0.102. The summed E-state index contributed by atoms with van der Waals surface area (Å²) < 4.78 is 14.4. The van der Waals surface area contributed by atoms with Gasteiger partial charge in [-0.15, -0.1) is 0 Å². The van der Waals surface area contributed by atoms with Crippen molar-refractivity contribution in [1.82, 2.24) is 0 Å². The van der Waals surface area contributed by atoms with E-state index < -0.39 is 5.82 Å². The molecule has 104 valence electrons. The third-order valence-electron chi connectivity index (χ3n) is 2.87. The topological polar surface area (TPSA) is 41.1 Å². The minimum absolute atomic E-state index is 0.154. The lowest BCUT2D eigenvalue weighted by atomic mass is 10.1. The van der Waals surface area contributed by atoms with Gasteiger partial charge in [-0.2, -0.15) is 0 Å². The summed E-state index contributed by atoms with van der Waals surface area (Å²) in [4.78, 5) is 12.3. The molecule has 0 aromatic heterocycles. The average molecular weight is 337 g/mol. The molecule has 0 bridgehead atoms. The minimum atomic E-state index is -0.480. The summed E-state index contributed by atoms with van der Waals surface area (Å²) >= 11 is 3.18. The van der Waals surface area contributed by atoms with Gasteiger partial charge in [-0.05, 0) is 37.3 Å². The van der Waals surface area contributed by atoms with Gasteiger partial charge in [-0.1, -0.05) is 27.6 Å². The standard InChI is InChI=1S/C15H14BrFN2O/c1-9-3-5-13(18-2)11(7-9)15(20)19-14-6-4-10(16)8-12(14)17/h3-8,18H,1-2H3,(H,19,20). The Labute approximate surface area is 125 Å². The molecule has 0 radical (unpaired) electrons. The first kappa shape index (κ1) is 14.5. The smallest absolute Gasteiger partial charge is 0.257 e. The van der Waals surface area contributed by atoms with E-state index in [1.165, 1.54) is 12.1 Å². The molecule has 0 heterocycles. The van der Waals surface area contributed by atoms with Crippen molar-refractivity contribution in [1.29, 1.82) is 0 Å². The number of nitrogens with one attached hydrogen (secondary N) is 2. The molecular weight excluding hydrogens is 323 g/mol. The summed E-state index contributed by atoms with van der Waals surface area (Å²) in [7, 11) is 1.74. The van der Waals surface area contributed by atoms with Gasteiger partial charge in [0.1, 0.15) is 5.82 Å². The van der Waals surface area contributed by atoms with Crippen LogP contribution >= 0.6 is 15.9 Å². The second-order valence-electron chi connectivity index (χ2n) is 4.38. The van der Waals surface area contributed by atoms with Crippen molar-refractivity contribution in [2.45, 2.75) is 6.92 Å². The molecule has 0 aliphatic rings. The van der Waals surface area contributed by atoms with Crippen molar-refractivity contribution < 1.29 is 9.18 Å². The minimum Gasteiger partial charge on any atom is -0.387 e. The van der Waals surface area contributed by atoms with E-state index in [4.69, 9.17) is 0 Å². The Bertz CT molecular complexity index is 658. The predicted octanol–water partition coefficient (Wildman–Crippen LogP) is 4.19. The fourth-order valence-electron chi connectivity index (χ4n) is 1.84. The average Bonchev–Trinajstić information content (AvgIpc) is 2.41. The van der Waals surface area contributed by atoms with E-state index in [1.807, 2.05) is 19.1 Å². The van der Waals surface area contributed by atoms with Crippen LogP contribution in [0.5, 0.6) is 0 Å². The van der Waals surface area contributed by atoms with Gasteiger partial charge in [0.15, 0.2) is 0 Å². The van der Waals surface area contributed by atoms with Gasteiger partial charge in [0.2, 0.25) is 0 Å². The second kappa shape index (κ2) is 6.05. The van der Waals surface area contributed by atoms with Crippen molar-refractivity contribution in [3.8, 4) is 0 Å². The molecule has 2 aromatic carbocycles. The molecule has 0 saturated heterocycles. The molecule has 0 spiro atoms. The van der Waals surface area contributed by atoms with Crippen LogP contribution in [0.15, 0.2) is 40.9 Å². The third kappa shape index (κ3) is 3.17. The van der Waals surface area contributed by atoms with Gasteiger partial charge < -0.3 is 10.6 Å². The van der Waals surface area contributed by atoms with E-state index in [1.54, 1.807) is 19.2 Å². The summed E-state index contributed by atoms with van der Waals surface area (Å²) in [5.74, 6) is -0.828.